The van der Waals surface area contributed by atoms with E-state index in [0.717, 1.165) is 15.7 Å². The zero-order valence-corrected chi connectivity index (χ0v) is 18.2. The number of hydrogen-bond acceptors (Lipinski definition) is 6. The second-order valence-electron chi connectivity index (χ2n) is 7.24. The number of aryl methyl sites for hydroxylation is 2. The maximum atomic E-state index is 12.9. The molecule has 0 atom stereocenters. The van der Waals surface area contributed by atoms with Gasteiger partial charge in [0.25, 0.3) is 5.56 Å². The van der Waals surface area contributed by atoms with Crippen molar-refractivity contribution in [1.29, 1.82) is 10.9 Å². The molecule has 3 aromatic rings. The van der Waals surface area contributed by atoms with Crippen LogP contribution in [0.1, 0.15) is 30.9 Å². The Bertz CT molecular complexity index is 1230. The van der Waals surface area contributed by atoms with E-state index in [-0.39, 0.29) is 35.4 Å². The van der Waals surface area contributed by atoms with Gasteiger partial charge in [0.15, 0.2) is 11.2 Å². The molecule has 1 aromatic carbocycles. The first kappa shape index (κ1) is 22.4. The van der Waals surface area contributed by atoms with Crippen LogP contribution in [0, 0.1) is 17.9 Å². The lowest BCUT2D eigenvalue weighted by Crippen LogP contribution is -2.41. The molecule has 0 aliphatic carbocycles. The fraction of sp³-hybridized carbons (Fsp3) is 0.400. The molecule has 164 valence electrons. The molecule has 2 aromatic heterocycles. The number of imidazole rings is 1. The highest BCUT2D eigenvalue weighted by Crippen LogP contribution is 2.11. The summed E-state index contributed by atoms with van der Waals surface area (Å²) in [5, 5.41) is 13.1. The van der Waals surface area contributed by atoms with Crippen molar-refractivity contribution in [3.63, 3.8) is 0 Å². The summed E-state index contributed by atoms with van der Waals surface area (Å²) in [6.07, 6.45) is 1.39. The molecule has 0 fully saturated rings. The first-order valence-electron chi connectivity index (χ1n) is 10.0. The monoisotopic (exact) mass is 444 g/mol. The van der Waals surface area contributed by atoms with E-state index in [0.29, 0.717) is 25.8 Å². The van der Waals surface area contributed by atoms with Crippen LogP contribution in [-0.4, -0.2) is 36.5 Å². The van der Waals surface area contributed by atoms with Crippen molar-refractivity contribution in [1.82, 2.24) is 24.1 Å². The number of rotatable bonds is 9. The Morgan fingerprint density at radius 2 is 2.00 bits per heavy atom. The summed E-state index contributed by atoms with van der Waals surface area (Å²) in [6, 6.07) is 7.74. The highest BCUT2D eigenvalue weighted by atomic mass is 35.5. The van der Waals surface area contributed by atoms with Crippen LogP contribution >= 0.6 is 11.6 Å². The van der Waals surface area contributed by atoms with Gasteiger partial charge in [-0.05, 0) is 42.5 Å². The van der Waals surface area contributed by atoms with Gasteiger partial charge in [-0.2, -0.15) is 10.5 Å². The molecule has 3 rings (SSSR count). The van der Waals surface area contributed by atoms with Crippen molar-refractivity contribution in [3.05, 3.63) is 61.5 Å². The van der Waals surface area contributed by atoms with Gasteiger partial charge in [-0.15, -0.1) is 0 Å². The summed E-state index contributed by atoms with van der Waals surface area (Å²) in [5.41, 5.74) is 8.97. The average molecular weight is 445 g/mol. The van der Waals surface area contributed by atoms with Crippen LogP contribution in [0.4, 0.5) is 0 Å². The molecular weight excluding hydrogens is 420 g/mol. The lowest BCUT2D eigenvalue weighted by atomic mass is 10.1. The zero-order valence-electron chi connectivity index (χ0n) is 17.5. The number of hydrogen-bond donors (Lipinski definition) is 3. The minimum absolute atomic E-state index is 0.0536. The highest BCUT2D eigenvalue weighted by Gasteiger charge is 2.17. The van der Waals surface area contributed by atoms with Crippen LogP contribution in [0.2, 0.25) is 5.28 Å². The molecule has 0 saturated heterocycles. The van der Waals surface area contributed by atoms with E-state index in [2.05, 4.69) is 15.2 Å². The van der Waals surface area contributed by atoms with Crippen molar-refractivity contribution in [3.8, 4) is 0 Å². The normalized spacial score (nSPS) is 11.1. The molecule has 31 heavy (non-hydrogen) atoms. The maximum Gasteiger partial charge on any atom is 0.332 e. The molecule has 0 saturated carbocycles. The van der Waals surface area contributed by atoms with Gasteiger partial charge >= 0.3 is 5.69 Å². The molecule has 3 N–H and O–H groups in total. The van der Waals surface area contributed by atoms with E-state index >= 15 is 0 Å². The van der Waals surface area contributed by atoms with Crippen LogP contribution in [0.3, 0.4) is 0 Å². The van der Waals surface area contributed by atoms with Gasteiger partial charge in [-0.3, -0.25) is 19.3 Å². The van der Waals surface area contributed by atoms with Crippen LogP contribution in [0.5, 0.6) is 0 Å². The van der Waals surface area contributed by atoms with Crippen molar-refractivity contribution in [2.24, 2.45) is 5.22 Å². The van der Waals surface area contributed by atoms with Crippen LogP contribution in [-0.2, 0) is 19.5 Å². The topological polar surface area (TPSA) is 136 Å². The molecule has 0 spiro atoms. The second kappa shape index (κ2) is 9.69. The summed E-state index contributed by atoms with van der Waals surface area (Å²) < 4.78 is 2.57. The zero-order chi connectivity index (χ0) is 22.5. The van der Waals surface area contributed by atoms with Crippen molar-refractivity contribution >= 4 is 28.6 Å². The number of amidine groups is 1. The van der Waals surface area contributed by atoms with E-state index in [4.69, 9.17) is 22.5 Å². The smallest absolute Gasteiger partial charge is 0.323 e. The first-order valence-corrected chi connectivity index (χ1v) is 10.4. The summed E-state index contributed by atoms with van der Waals surface area (Å²) in [5.74, 6) is 0.177. The van der Waals surface area contributed by atoms with Gasteiger partial charge < -0.3 is 4.98 Å². The van der Waals surface area contributed by atoms with Gasteiger partial charge in [0.1, 0.15) is 5.84 Å². The van der Waals surface area contributed by atoms with E-state index in [1.807, 2.05) is 38.1 Å². The number of nitrogens with one attached hydrogen (secondary N) is 3. The number of benzene rings is 1. The predicted octanol–water partition coefficient (Wildman–Crippen LogP) is 3.12. The number of H-pyrrole nitrogens is 1. The predicted molar refractivity (Wildman–Crippen MR) is 119 cm³/mol. The molecule has 0 aliphatic rings. The second-order valence-corrected chi connectivity index (χ2v) is 7.60. The summed E-state index contributed by atoms with van der Waals surface area (Å²) in [6.45, 7) is 4.66. The van der Waals surface area contributed by atoms with Gasteiger partial charge in [0, 0.05) is 26.1 Å². The minimum atomic E-state index is -0.490. The molecule has 0 radical (unpaired) electrons. The molecule has 10 nitrogen and oxygen atoms in total. The molecule has 2 heterocycles. The molecular formula is C20H25ClN8O2. The summed E-state index contributed by atoms with van der Waals surface area (Å²) in [4.78, 5) is 32.4. The Morgan fingerprint density at radius 1 is 1.26 bits per heavy atom. The fourth-order valence-corrected chi connectivity index (χ4v) is 3.64. The van der Waals surface area contributed by atoms with Crippen LogP contribution in [0.25, 0.3) is 11.2 Å². The highest BCUT2D eigenvalue weighted by molar-refractivity contribution is 6.28. The van der Waals surface area contributed by atoms with Crippen molar-refractivity contribution in [2.75, 3.05) is 6.54 Å². The average Bonchev–Trinajstić information content (AvgIpc) is 3.14. The van der Waals surface area contributed by atoms with Gasteiger partial charge in [-0.25, -0.2) is 9.80 Å². The van der Waals surface area contributed by atoms with Crippen molar-refractivity contribution in [2.45, 2.75) is 46.2 Å². The number of fused-ring (bicyclic) bond motifs is 1. The third-order valence-electron chi connectivity index (χ3n) is 5.08. The quantitative estimate of drug-likeness (QED) is 0.153. The Labute approximate surface area is 183 Å². The van der Waals surface area contributed by atoms with E-state index < -0.39 is 11.2 Å². The molecule has 0 unspecified atom stereocenters. The molecule has 11 heteroatoms. The van der Waals surface area contributed by atoms with Gasteiger partial charge in [-0.1, -0.05) is 36.4 Å². The summed E-state index contributed by atoms with van der Waals surface area (Å²) in [7, 11) is 0. The standard InChI is InChI=1S/C20H25ClN8O2/c1-3-9-27-17-16(24-19(21)25-17)18(30)28(20(27)31)10-6-11-29(26-23)15(22)12-14-8-5-4-7-13(14)2/h4-5,7-8,22-23H,3,6,9-12H2,1-2H3,(H,24,25). The van der Waals surface area contributed by atoms with Gasteiger partial charge in [0.05, 0.1) is 0 Å². The molecule has 0 aliphatic heterocycles. The minimum Gasteiger partial charge on any atom is -0.323 e. The lowest BCUT2D eigenvalue weighted by Gasteiger charge is -2.19. The van der Waals surface area contributed by atoms with Crippen molar-refractivity contribution < 1.29 is 0 Å². The largest absolute Gasteiger partial charge is 0.332 e. The van der Waals surface area contributed by atoms with E-state index in [1.54, 1.807) is 0 Å². The lowest BCUT2D eigenvalue weighted by molar-refractivity contribution is 0.371. The number of halogens is 1. The third-order valence-corrected chi connectivity index (χ3v) is 5.26. The number of aromatic nitrogens is 4. The Hall–Kier alpha value is -3.27. The summed E-state index contributed by atoms with van der Waals surface area (Å²) >= 11 is 5.92. The van der Waals surface area contributed by atoms with Crippen LogP contribution < -0.4 is 11.2 Å². The first-order chi connectivity index (χ1) is 14.9. The van der Waals surface area contributed by atoms with E-state index in [1.165, 1.54) is 9.58 Å². The third kappa shape index (κ3) is 4.74. The van der Waals surface area contributed by atoms with Crippen LogP contribution in [0.15, 0.2) is 39.1 Å². The van der Waals surface area contributed by atoms with E-state index in [9.17, 15) is 9.59 Å². The Morgan fingerprint density at radius 3 is 2.68 bits per heavy atom. The van der Waals surface area contributed by atoms with Gasteiger partial charge in [0.2, 0.25) is 5.28 Å². The number of aromatic amines is 1. The maximum absolute atomic E-state index is 12.9. The number of nitrogens with zero attached hydrogens (tertiary/aromatic N) is 5. The molecule has 0 amide bonds. The fourth-order valence-electron chi connectivity index (χ4n) is 3.46. The Balaban J connectivity index is 1.76. The molecule has 0 bridgehead atoms. The Kier molecular flexibility index (Phi) is 7.01. The SMILES string of the molecule is CCCn1c(=O)n(CCCN(N=N)C(=N)Cc2ccccc2C)c(=O)c2[nH]c(Cl)nc21.